The molecule has 0 bridgehead atoms. The van der Waals surface area contributed by atoms with Crippen molar-refractivity contribution in [2.24, 2.45) is 0 Å². The number of aromatic nitrogens is 2. The number of likely N-dealkylation sites (tertiary alicyclic amines) is 1. The highest BCUT2D eigenvalue weighted by molar-refractivity contribution is 6.07. The molecule has 0 saturated carbocycles. The second-order valence-electron chi connectivity index (χ2n) is 5.61. The van der Waals surface area contributed by atoms with E-state index < -0.39 is 22.8 Å². The fourth-order valence-electron chi connectivity index (χ4n) is 2.83. The van der Waals surface area contributed by atoms with E-state index in [0.29, 0.717) is 25.9 Å². The Hall–Kier alpha value is -2.91. The van der Waals surface area contributed by atoms with E-state index in [9.17, 15) is 24.0 Å². The maximum absolute atomic E-state index is 12.2. The van der Waals surface area contributed by atoms with Crippen LogP contribution in [0.5, 0.6) is 0 Å². The Labute approximate surface area is 129 Å². The minimum atomic E-state index is -0.942. The predicted octanol–water partition coefficient (Wildman–Crippen LogP) is -2.26. The Bertz CT molecular complexity index is 786. The molecule has 10 nitrogen and oxygen atoms in total. The number of nitrogens with one attached hydrogen (secondary N) is 3. The van der Waals surface area contributed by atoms with Crippen molar-refractivity contribution in [1.29, 1.82) is 0 Å². The third kappa shape index (κ3) is 2.74. The van der Waals surface area contributed by atoms with Crippen LogP contribution >= 0.6 is 0 Å². The van der Waals surface area contributed by atoms with E-state index in [1.54, 1.807) is 0 Å². The SMILES string of the molecule is O=C1NC(=O)C2(CCN(C(=O)Cn3ccc(=O)[nH]c3=O)CC2)N1. The number of nitrogens with zero attached hydrogens (tertiary/aromatic N) is 2. The molecule has 0 aliphatic carbocycles. The molecule has 3 heterocycles. The third-order valence-electron chi connectivity index (χ3n) is 4.19. The maximum Gasteiger partial charge on any atom is 0.328 e. The van der Waals surface area contributed by atoms with Gasteiger partial charge in [0, 0.05) is 25.4 Å². The van der Waals surface area contributed by atoms with Gasteiger partial charge in [-0.2, -0.15) is 0 Å². The quantitative estimate of drug-likeness (QED) is 0.529. The van der Waals surface area contributed by atoms with Gasteiger partial charge in [-0.15, -0.1) is 0 Å². The first-order chi connectivity index (χ1) is 10.9. The summed E-state index contributed by atoms with van der Waals surface area (Å²) in [5, 5.41) is 4.81. The number of amides is 4. The molecule has 2 aliphatic rings. The van der Waals surface area contributed by atoms with Gasteiger partial charge in [-0.25, -0.2) is 9.59 Å². The fraction of sp³-hybridized carbons (Fsp3) is 0.462. The van der Waals surface area contributed by atoms with Crippen molar-refractivity contribution < 1.29 is 14.4 Å². The molecule has 10 heteroatoms. The summed E-state index contributed by atoms with van der Waals surface area (Å²) in [7, 11) is 0. The highest BCUT2D eigenvalue weighted by Crippen LogP contribution is 2.25. The Morgan fingerprint density at radius 3 is 2.43 bits per heavy atom. The van der Waals surface area contributed by atoms with Gasteiger partial charge in [0.2, 0.25) is 5.91 Å². The van der Waals surface area contributed by atoms with Crippen LogP contribution in [-0.2, 0) is 16.1 Å². The molecule has 2 saturated heterocycles. The summed E-state index contributed by atoms with van der Waals surface area (Å²) in [5.41, 5.74) is -2.12. The molecule has 4 amide bonds. The number of aromatic amines is 1. The zero-order valence-electron chi connectivity index (χ0n) is 12.1. The first-order valence-corrected chi connectivity index (χ1v) is 7.11. The molecule has 0 aromatic carbocycles. The topological polar surface area (TPSA) is 133 Å². The van der Waals surface area contributed by atoms with E-state index >= 15 is 0 Å². The summed E-state index contributed by atoms with van der Waals surface area (Å²) in [5.74, 6) is -0.662. The number of hydrogen-bond acceptors (Lipinski definition) is 5. The molecule has 1 aromatic heterocycles. The predicted molar refractivity (Wildman–Crippen MR) is 76.5 cm³/mol. The first kappa shape index (κ1) is 15.0. The number of carbonyl (C=O) groups is 3. The van der Waals surface area contributed by atoms with Crippen LogP contribution in [0.25, 0.3) is 0 Å². The molecule has 0 unspecified atom stereocenters. The number of carbonyl (C=O) groups excluding carboxylic acids is 3. The number of urea groups is 1. The number of piperidine rings is 1. The second-order valence-corrected chi connectivity index (χ2v) is 5.61. The average Bonchev–Trinajstić information content (AvgIpc) is 2.76. The molecule has 3 N–H and O–H groups in total. The summed E-state index contributed by atoms with van der Waals surface area (Å²) < 4.78 is 1.11. The summed E-state index contributed by atoms with van der Waals surface area (Å²) >= 11 is 0. The van der Waals surface area contributed by atoms with Crippen LogP contribution in [0.15, 0.2) is 21.9 Å². The molecule has 0 atom stereocenters. The van der Waals surface area contributed by atoms with E-state index in [2.05, 4.69) is 15.6 Å². The van der Waals surface area contributed by atoms with Crippen molar-refractivity contribution in [1.82, 2.24) is 25.1 Å². The van der Waals surface area contributed by atoms with Crippen LogP contribution in [0.2, 0.25) is 0 Å². The van der Waals surface area contributed by atoms with Crippen molar-refractivity contribution in [2.45, 2.75) is 24.9 Å². The smallest absolute Gasteiger partial charge is 0.328 e. The Morgan fingerprint density at radius 1 is 1.17 bits per heavy atom. The molecule has 0 radical (unpaired) electrons. The lowest BCUT2D eigenvalue weighted by molar-refractivity contribution is -0.136. The van der Waals surface area contributed by atoms with E-state index in [-0.39, 0.29) is 18.4 Å². The summed E-state index contributed by atoms with van der Waals surface area (Å²) in [6.07, 6.45) is 1.89. The van der Waals surface area contributed by atoms with Gasteiger partial charge in [0.25, 0.3) is 11.5 Å². The molecule has 1 aromatic rings. The van der Waals surface area contributed by atoms with Crippen LogP contribution < -0.4 is 21.9 Å². The van der Waals surface area contributed by atoms with Gasteiger partial charge in [-0.05, 0) is 12.8 Å². The van der Waals surface area contributed by atoms with Crippen molar-refractivity contribution in [3.8, 4) is 0 Å². The fourth-order valence-corrected chi connectivity index (χ4v) is 2.83. The Kier molecular flexibility index (Phi) is 3.51. The zero-order chi connectivity index (χ0) is 16.6. The highest BCUT2D eigenvalue weighted by atomic mass is 16.2. The van der Waals surface area contributed by atoms with Gasteiger partial charge >= 0.3 is 11.7 Å². The van der Waals surface area contributed by atoms with Gasteiger partial charge < -0.3 is 10.2 Å². The van der Waals surface area contributed by atoms with E-state index in [1.165, 1.54) is 11.1 Å². The minimum absolute atomic E-state index is 0.193. The molecule has 23 heavy (non-hydrogen) atoms. The van der Waals surface area contributed by atoms with Crippen LogP contribution in [0.3, 0.4) is 0 Å². The summed E-state index contributed by atoms with van der Waals surface area (Å²) in [6.45, 7) is 0.399. The number of H-pyrrole nitrogens is 1. The van der Waals surface area contributed by atoms with E-state index in [0.717, 1.165) is 10.6 Å². The average molecular weight is 321 g/mol. The summed E-state index contributed by atoms with van der Waals surface area (Å²) in [6, 6.07) is 0.646. The number of hydrogen-bond donors (Lipinski definition) is 3. The summed E-state index contributed by atoms with van der Waals surface area (Å²) in [4.78, 5) is 61.5. The monoisotopic (exact) mass is 321 g/mol. The molecule has 3 rings (SSSR count). The standard InChI is InChI=1S/C13H15N5O5/c19-8-1-4-18(12(23)14-8)7-9(20)17-5-2-13(3-6-17)10(21)15-11(22)16-13/h1,4H,2-3,5-7H2,(H,14,19,23)(H2,15,16,21,22). The lowest BCUT2D eigenvalue weighted by Gasteiger charge is -2.37. The largest absolute Gasteiger partial charge is 0.341 e. The second kappa shape index (κ2) is 5.38. The van der Waals surface area contributed by atoms with Gasteiger partial charge in [-0.3, -0.25) is 29.3 Å². The minimum Gasteiger partial charge on any atom is -0.341 e. The van der Waals surface area contributed by atoms with E-state index in [4.69, 9.17) is 0 Å². The van der Waals surface area contributed by atoms with E-state index in [1.807, 2.05) is 0 Å². The van der Waals surface area contributed by atoms with Crippen LogP contribution in [0.4, 0.5) is 4.79 Å². The van der Waals surface area contributed by atoms with Crippen LogP contribution in [0, 0.1) is 0 Å². The number of rotatable bonds is 2. The molecule has 122 valence electrons. The highest BCUT2D eigenvalue weighted by Gasteiger charge is 2.48. The lowest BCUT2D eigenvalue weighted by atomic mass is 9.88. The Morgan fingerprint density at radius 2 is 1.87 bits per heavy atom. The van der Waals surface area contributed by atoms with Gasteiger partial charge in [0.15, 0.2) is 0 Å². The van der Waals surface area contributed by atoms with Gasteiger partial charge in [0.1, 0.15) is 12.1 Å². The Balaban J connectivity index is 1.65. The van der Waals surface area contributed by atoms with Crippen molar-refractivity contribution in [2.75, 3.05) is 13.1 Å². The van der Waals surface area contributed by atoms with Crippen LogP contribution in [0.1, 0.15) is 12.8 Å². The van der Waals surface area contributed by atoms with Gasteiger partial charge in [0.05, 0.1) is 0 Å². The molecular formula is C13H15N5O5. The first-order valence-electron chi connectivity index (χ1n) is 7.11. The molecule has 1 spiro atoms. The zero-order valence-corrected chi connectivity index (χ0v) is 12.1. The molecular weight excluding hydrogens is 306 g/mol. The molecule has 2 aliphatic heterocycles. The number of imide groups is 1. The maximum atomic E-state index is 12.2. The van der Waals surface area contributed by atoms with Gasteiger partial charge in [-0.1, -0.05) is 0 Å². The van der Waals surface area contributed by atoms with Crippen molar-refractivity contribution >= 4 is 17.8 Å². The lowest BCUT2D eigenvalue weighted by Crippen LogP contribution is -2.56. The van der Waals surface area contributed by atoms with Crippen molar-refractivity contribution in [3.05, 3.63) is 33.1 Å². The van der Waals surface area contributed by atoms with Crippen LogP contribution in [-0.4, -0.2) is 50.9 Å². The van der Waals surface area contributed by atoms with Crippen molar-refractivity contribution in [3.63, 3.8) is 0 Å². The third-order valence-corrected chi connectivity index (χ3v) is 4.19. The molecule has 2 fully saturated rings. The normalized spacial score (nSPS) is 19.6.